The van der Waals surface area contributed by atoms with Gasteiger partial charge in [0.25, 0.3) is 0 Å². The molecule has 11 aliphatic rings. The number of hydrogen-bond acceptors (Lipinski definition) is 3. The molecule has 0 N–H and O–H groups in total. The second-order valence-corrected chi connectivity index (χ2v) is 20.3. The summed E-state index contributed by atoms with van der Waals surface area (Å²) in [4.78, 5) is 3.20. The predicted molar refractivity (Wildman–Crippen MR) is 218 cm³/mol. The Morgan fingerprint density at radius 3 is 2.43 bits per heavy atom. The molecular weight excluding hydrogens is 657 g/mol. The quantitative estimate of drug-likeness (QED) is 0.271. The molecule has 0 saturated heterocycles. The summed E-state index contributed by atoms with van der Waals surface area (Å²) in [7, 11) is 0. The van der Waals surface area contributed by atoms with Crippen LogP contribution < -0.4 is 0 Å². The van der Waals surface area contributed by atoms with Crippen molar-refractivity contribution in [2.45, 2.75) is 159 Å². The summed E-state index contributed by atoms with van der Waals surface area (Å²) in [6, 6.07) is 3.97. The van der Waals surface area contributed by atoms with Gasteiger partial charge in [0.15, 0.2) is 0 Å². The van der Waals surface area contributed by atoms with E-state index in [4.69, 9.17) is 4.74 Å². The molecule has 4 fully saturated rings. The first kappa shape index (κ1) is 34.5. The van der Waals surface area contributed by atoms with Crippen LogP contribution in [0.1, 0.15) is 141 Å². The molecule has 0 aromatic carbocycles. The SMILES string of the molecule is N#CC1CCC2=C(C1)OC1CC(C3CCC(N4C5=C(C=CC(C6CCCC7C=CCCC76)C5)C5CCC(C6CC=CC7CCCCC76)CC54)CC3)=CC=C21. The largest absolute Gasteiger partial charge is 0.489 e. The van der Waals surface area contributed by atoms with E-state index in [-0.39, 0.29) is 12.0 Å². The van der Waals surface area contributed by atoms with Crippen molar-refractivity contribution < 1.29 is 4.74 Å². The Bertz CT molecular complexity index is 1740. The molecule has 0 radical (unpaired) electrons. The summed E-state index contributed by atoms with van der Waals surface area (Å²) in [5.74, 6) is 9.81. The molecule has 11 rings (SSSR count). The van der Waals surface area contributed by atoms with Crippen LogP contribution in [0.2, 0.25) is 0 Å². The Hall–Kier alpha value is -2.73. The first-order chi connectivity index (χ1) is 26.7. The Morgan fingerprint density at radius 2 is 1.52 bits per heavy atom. The minimum atomic E-state index is 0.134. The van der Waals surface area contributed by atoms with E-state index in [0.717, 1.165) is 90.7 Å². The molecule has 0 amide bonds. The summed E-state index contributed by atoms with van der Waals surface area (Å²) in [5, 5.41) is 9.57. The van der Waals surface area contributed by atoms with Crippen molar-refractivity contribution in [3.8, 4) is 6.07 Å². The number of nitrogens with zero attached hydrogens (tertiary/aromatic N) is 2. The fourth-order valence-electron chi connectivity index (χ4n) is 15.5. The molecule has 0 bridgehead atoms. The van der Waals surface area contributed by atoms with Crippen molar-refractivity contribution in [1.82, 2.24) is 4.90 Å². The Labute approximate surface area is 326 Å². The molecule has 286 valence electrons. The van der Waals surface area contributed by atoms with Crippen LogP contribution in [0.5, 0.6) is 0 Å². The number of fused-ring (bicyclic) bond motifs is 6. The van der Waals surface area contributed by atoms with Gasteiger partial charge in [0, 0.05) is 36.5 Å². The highest BCUT2D eigenvalue weighted by Gasteiger charge is 2.51. The summed E-state index contributed by atoms with van der Waals surface area (Å²) in [5.41, 5.74) is 8.17. The summed E-state index contributed by atoms with van der Waals surface area (Å²) in [6.45, 7) is 0. The Balaban J connectivity index is 0.832. The average Bonchev–Trinajstić information content (AvgIpc) is 3.77. The van der Waals surface area contributed by atoms with Crippen molar-refractivity contribution in [1.29, 1.82) is 5.26 Å². The van der Waals surface area contributed by atoms with Crippen LogP contribution in [0.3, 0.4) is 0 Å². The number of hydrogen-bond donors (Lipinski definition) is 0. The highest BCUT2D eigenvalue weighted by Crippen LogP contribution is 2.57. The molecular formula is C51H66N2O. The number of rotatable bonds is 4. The van der Waals surface area contributed by atoms with Gasteiger partial charge in [-0.3, -0.25) is 0 Å². The third-order valence-corrected chi connectivity index (χ3v) is 18.0. The Morgan fingerprint density at radius 1 is 0.704 bits per heavy atom. The van der Waals surface area contributed by atoms with E-state index in [2.05, 4.69) is 59.6 Å². The molecule has 3 nitrogen and oxygen atoms in total. The fourth-order valence-corrected chi connectivity index (χ4v) is 15.5. The maximum Gasteiger partial charge on any atom is 0.127 e. The molecule has 0 spiro atoms. The minimum Gasteiger partial charge on any atom is -0.489 e. The van der Waals surface area contributed by atoms with E-state index in [1.165, 1.54) is 127 Å². The summed E-state index contributed by atoms with van der Waals surface area (Å²) >= 11 is 0. The summed E-state index contributed by atoms with van der Waals surface area (Å²) < 4.78 is 6.62. The van der Waals surface area contributed by atoms with Crippen molar-refractivity contribution >= 4 is 0 Å². The number of nitriles is 1. The van der Waals surface area contributed by atoms with Crippen LogP contribution in [-0.2, 0) is 4.74 Å². The first-order valence-electron chi connectivity index (χ1n) is 23.4. The van der Waals surface area contributed by atoms with Crippen LogP contribution in [0.25, 0.3) is 0 Å². The maximum absolute atomic E-state index is 9.57. The standard InChI is InChI=1S/C51H66N2O/c52-31-32-15-23-46-47-26-18-36(30-51(47)54-50(46)27-32)33-16-21-39(22-17-33)53-48-28-37(42-13-5-9-34-7-1-3-11-40(34)42)19-24-44(48)45-25-20-38(29-49(45)53)43-14-6-10-35-8-2-4-12-41(35)43/h1,6-7,10,18-19,24,26,32-35,37-43,45,49,51H,2-5,8-9,11-17,20-23,25,27-30H2. The molecule has 12 unspecified atom stereocenters. The van der Waals surface area contributed by atoms with Gasteiger partial charge in [0.05, 0.1) is 12.0 Å². The van der Waals surface area contributed by atoms with Crippen LogP contribution in [-0.4, -0.2) is 23.1 Å². The smallest absolute Gasteiger partial charge is 0.127 e. The van der Waals surface area contributed by atoms with Gasteiger partial charge in [-0.25, -0.2) is 0 Å². The molecule has 54 heavy (non-hydrogen) atoms. The van der Waals surface area contributed by atoms with Gasteiger partial charge in [-0.05, 0) is 179 Å². The van der Waals surface area contributed by atoms with E-state index >= 15 is 0 Å². The van der Waals surface area contributed by atoms with E-state index < -0.39 is 0 Å². The average molecular weight is 723 g/mol. The predicted octanol–water partition coefficient (Wildman–Crippen LogP) is 12.5. The zero-order valence-corrected chi connectivity index (χ0v) is 33.1. The molecule has 9 aliphatic carbocycles. The van der Waals surface area contributed by atoms with Crippen molar-refractivity contribution in [2.24, 2.45) is 65.1 Å². The number of ether oxygens (including phenoxy) is 1. The highest BCUT2D eigenvalue weighted by atomic mass is 16.5. The second kappa shape index (κ2) is 14.3. The molecule has 0 aromatic rings. The van der Waals surface area contributed by atoms with E-state index in [9.17, 15) is 5.26 Å². The normalized spacial score (nSPS) is 45.2. The van der Waals surface area contributed by atoms with Crippen molar-refractivity contribution in [2.75, 3.05) is 0 Å². The molecule has 12 atom stereocenters. The van der Waals surface area contributed by atoms with E-state index in [0.29, 0.717) is 12.0 Å². The highest BCUT2D eigenvalue weighted by molar-refractivity contribution is 5.48. The maximum atomic E-state index is 9.57. The van der Waals surface area contributed by atoms with Gasteiger partial charge in [-0.2, -0.15) is 5.26 Å². The lowest BCUT2D eigenvalue weighted by atomic mass is 9.60. The zero-order chi connectivity index (χ0) is 35.8. The molecule has 4 saturated carbocycles. The van der Waals surface area contributed by atoms with Crippen LogP contribution >= 0.6 is 0 Å². The third kappa shape index (κ3) is 5.92. The van der Waals surface area contributed by atoms with Gasteiger partial charge in [-0.1, -0.05) is 73.4 Å². The van der Waals surface area contributed by atoms with Gasteiger partial charge in [0.1, 0.15) is 11.9 Å². The molecule has 0 aromatic heterocycles. The third-order valence-electron chi connectivity index (χ3n) is 18.0. The van der Waals surface area contributed by atoms with Crippen LogP contribution in [0.15, 0.2) is 82.4 Å². The molecule has 2 aliphatic heterocycles. The van der Waals surface area contributed by atoms with E-state index in [1.54, 1.807) is 11.1 Å². The van der Waals surface area contributed by atoms with Gasteiger partial charge in [0.2, 0.25) is 0 Å². The lowest BCUT2D eigenvalue weighted by molar-refractivity contribution is 0.0407. The van der Waals surface area contributed by atoms with Gasteiger partial charge < -0.3 is 9.64 Å². The topological polar surface area (TPSA) is 36.3 Å². The molecule has 3 heteroatoms. The number of allylic oxidation sites excluding steroid dienone is 10. The lowest BCUT2D eigenvalue weighted by Crippen LogP contribution is -2.48. The van der Waals surface area contributed by atoms with Crippen LogP contribution in [0, 0.1) is 76.4 Å². The Kier molecular flexibility index (Phi) is 9.16. The zero-order valence-electron chi connectivity index (χ0n) is 33.1. The molecule has 2 heterocycles. The van der Waals surface area contributed by atoms with Gasteiger partial charge in [-0.15, -0.1) is 0 Å². The lowest BCUT2D eigenvalue weighted by Gasteiger charge is -2.49. The van der Waals surface area contributed by atoms with E-state index in [1.807, 2.05) is 5.70 Å². The first-order valence-corrected chi connectivity index (χ1v) is 23.4. The van der Waals surface area contributed by atoms with Crippen molar-refractivity contribution in [3.63, 3.8) is 0 Å². The van der Waals surface area contributed by atoms with Gasteiger partial charge >= 0.3 is 0 Å². The van der Waals surface area contributed by atoms with Crippen LogP contribution in [0.4, 0.5) is 0 Å². The minimum absolute atomic E-state index is 0.134. The second-order valence-electron chi connectivity index (χ2n) is 20.3. The summed E-state index contributed by atoms with van der Waals surface area (Å²) in [6.07, 6.45) is 50.3. The fraction of sp³-hybridized carbons (Fsp3) is 0.706. The monoisotopic (exact) mass is 723 g/mol. The van der Waals surface area contributed by atoms with Crippen molar-refractivity contribution in [3.05, 3.63) is 82.4 Å².